The van der Waals surface area contributed by atoms with Crippen LogP contribution < -0.4 is 11.0 Å². The number of hydrogen-bond acceptors (Lipinski definition) is 6. The van der Waals surface area contributed by atoms with E-state index in [9.17, 15) is 9.59 Å². The van der Waals surface area contributed by atoms with Crippen molar-refractivity contribution in [2.75, 3.05) is 5.75 Å². The third-order valence-electron chi connectivity index (χ3n) is 6.31. The maximum absolute atomic E-state index is 13.7. The van der Waals surface area contributed by atoms with Crippen LogP contribution in [0.2, 0.25) is 0 Å². The fourth-order valence-electron chi connectivity index (χ4n) is 4.40. The first-order chi connectivity index (χ1) is 17.5. The molecule has 1 aliphatic rings. The Balaban J connectivity index is 1.36. The minimum Gasteiger partial charge on any atom is -0.272 e. The fourth-order valence-corrected chi connectivity index (χ4v) is 6.50. The Morgan fingerprint density at radius 2 is 1.89 bits per heavy atom. The van der Waals surface area contributed by atoms with E-state index in [1.54, 1.807) is 22.1 Å². The fraction of sp³-hybridized carbons (Fsp3) is 0.286. The van der Waals surface area contributed by atoms with Gasteiger partial charge >= 0.3 is 0 Å². The summed E-state index contributed by atoms with van der Waals surface area (Å²) in [5.74, 6) is 0.308. The Morgan fingerprint density at radius 1 is 1.14 bits per heavy atom. The summed E-state index contributed by atoms with van der Waals surface area (Å²) in [7, 11) is 0. The minimum atomic E-state index is -0.255. The number of nitrogens with zero attached hydrogens (tertiary/aromatic N) is 3. The van der Waals surface area contributed by atoms with Gasteiger partial charge in [0.1, 0.15) is 4.83 Å². The SMILES string of the molecule is CC(C)c1ccc(/C=N/NC(=O)CSc2nc3sc4c(c3c(=O)n2-c2ccccc2)CCCC4)cc1. The molecule has 6 nitrogen and oxygen atoms in total. The van der Waals surface area contributed by atoms with Crippen LogP contribution in [0, 0.1) is 0 Å². The van der Waals surface area contributed by atoms with E-state index in [0.717, 1.165) is 52.7 Å². The van der Waals surface area contributed by atoms with E-state index in [1.807, 2.05) is 42.5 Å². The molecule has 0 unspecified atom stereocenters. The molecule has 36 heavy (non-hydrogen) atoms. The van der Waals surface area contributed by atoms with Crippen molar-refractivity contribution < 1.29 is 4.79 Å². The van der Waals surface area contributed by atoms with Gasteiger partial charge in [-0.1, -0.05) is 68.1 Å². The number of carbonyl (C=O) groups is 1. The highest BCUT2D eigenvalue weighted by Gasteiger charge is 2.23. The lowest BCUT2D eigenvalue weighted by Gasteiger charge is -2.13. The molecule has 5 rings (SSSR count). The second kappa shape index (κ2) is 10.8. The number of aromatic nitrogens is 2. The molecule has 2 aromatic carbocycles. The van der Waals surface area contributed by atoms with Gasteiger partial charge in [0, 0.05) is 4.88 Å². The highest BCUT2D eigenvalue weighted by molar-refractivity contribution is 7.99. The molecular weight excluding hydrogens is 488 g/mol. The normalized spacial score (nSPS) is 13.4. The van der Waals surface area contributed by atoms with Crippen molar-refractivity contribution in [3.05, 3.63) is 86.5 Å². The van der Waals surface area contributed by atoms with Crippen LogP contribution in [0.1, 0.15) is 54.2 Å². The molecule has 4 aromatic rings. The zero-order valence-corrected chi connectivity index (χ0v) is 22.0. The molecule has 0 fully saturated rings. The summed E-state index contributed by atoms with van der Waals surface area (Å²) in [6, 6.07) is 17.6. The number of rotatable bonds is 7. The Kier molecular flexibility index (Phi) is 7.34. The molecule has 2 heterocycles. The number of thiophene rings is 1. The quantitative estimate of drug-likeness (QED) is 0.148. The van der Waals surface area contributed by atoms with Gasteiger partial charge in [-0.15, -0.1) is 11.3 Å². The van der Waals surface area contributed by atoms with Gasteiger partial charge in [-0.3, -0.25) is 14.2 Å². The standard InChI is InChI=1S/C28H28N4O2S2/c1-18(2)20-14-12-19(13-15-20)16-29-31-24(33)17-35-28-30-26-25(22-10-6-7-11-23(22)36-26)27(34)32(28)21-8-4-3-5-9-21/h3-5,8-9,12-16,18H,6-7,10-11,17H2,1-2H3,(H,31,33)/b29-16+. The van der Waals surface area contributed by atoms with Gasteiger partial charge < -0.3 is 0 Å². The highest BCUT2D eigenvalue weighted by atomic mass is 32.2. The molecule has 0 saturated heterocycles. The van der Waals surface area contributed by atoms with E-state index in [2.05, 4.69) is 36.5 Å². The molecule has 0 atom stereocenters. The number of amides is 1. The predicted molar refractivity (Wildman–Crippen MR) is 149 cm³/mol. The van der Waals surface area contributed by atoms with Crippen molar-refractivity contribution in [1.82, 2.24) is 15.0 Å². The van der Waals surface area contributed by atoms with E-state index < -0.39 is 0 Å². The van der Waals surface area contributed by atoms with Gasteiger partial charge in [-0.25, -0.2) is 10.4 Å². The smallest absolute Gasteiger partial charge is 0.267 e. The molecule has 8 heteroatoms. The highest BCUT2D eigenvalue weighted by Crippen LogP contribution is 2.35. The molecule has 2 aromatic heterocycles. The van der Waals surface area contributed by atoms with Gasteiger partial charge in [-0.2, -0.15) is 5.10 Å². The molecule has 1 aliphatic carbocycles. The largest absolute Gasteiger partial charge is 0.272 e. The number of fused-ring (bicyclic) bond motifs is 3. The maximum Gasteiger partial charge on any atom is 0.267 e. The summed E-state index contributed by atoms with van der Waals surface area (Å²) >= 11 is 2.87. The monoisotopic (exact) mass is 516 g/mol. The number of thioether (sulfide) groups is 1. The number of benzene rings is 2. The van der Waals surface area contributed by atoms with E-state index in [1.165, 1.54) is 22.2 Å². The van der Waals surface area contributed by atoms with E-state index in [-0.39, 0.29) is 17.2 Å². The summed E-state index contributed by atoms with van der Waals surface area (Å²) in [6.07, 6.45) is 5.81. The average molecular weight is 517 g/mol. The van der Waals surface area contributed by atoms with Crippen molar-refractivity contribution in [2.45, 2.75) is 50.6 Å². The summed E-state index contributed by atoms with van der Waals surface area (Å²) in [6.45, 7) is 4.30. The first kappa shape index (κ1) is 24.5. The van der Waals surface area contributed by atoms with Crippen LogP contribution in [0.15, 0.2) is 69.6 Å². The lowest BCUT2D eigenvalue weighted by atomic mass is 9.97. The average Bonchev–Trinajstić information content (AvgIpc) is 3.27. The van der Waals surface area contributed by atoms with Crippen molar-refractivity contribution in [3.63, 3.8) is 0 Å². The zero-order valence-electron chi connectivity index (χ0n) is 20.4. The van der Waals surface area contributed by atoms with Gasteiger partial charge in [0.05, 0.1) is 23.0 Å². The van der Waals surface area contributed by atoms with Crippen molar-refractivity contribution in [3.8, 4) is 5.69 Å². The van der Waals surface area contributed by atoms with Gasteiger partial charge in [0.2, 0.25) is 0 Å². The van der Waals surface area contributed by atoms with Crippen LogP contribution in [0.3, 0.4) is 0 Å². The molecule has 1 N–H and O–H groups in total. The van der Waals surface area contributed by atoms with Crippen LogP contribution in [0.5, 0.6) is 0 Å². The van der Waals surface area contributed by atoms with Crippen molar-refractivity contribution in [2.24, 2.45) is 5.10 Å². The van der Waals surface area contributed by atoms with Crippen LogP contribution in [0.25, 0.3) is 15.9 Å². The molecule has 0 bridgehead atoms. The number of hydrazone groups is 1. The summed E-state index contributed by atoms with van der Waals surface area (Å²) in [5.41, 5.74) is 6.61. The van der Waals surface area contributed by atoms with Gasteiger partial charge in [-0.05, 0) is 60.4 Å². The molecule has 1 amide bonds. The predicted octanol–water partition coefficient (Wildman–Crippen LogP) is 5.69. The Morgan fingerprint density at radius 3 is 2.64 bits per heavy atom. The molecule has 0 spiro atoms. The van der Waals surface area contributed by atoms with Crippen LogP contribution in [0.4, 0.5) is 0 Å². The Labute approximate surface area is 218 Å². The Hall–Kier alpha value is -3.23. The van der Waals surface area contributed by atoms with E-state index in [0.29, 0.717) is 11.1 Å². The number of hydrogen-bond donors (Lipinski definition) is 1. The van der Waals surface area contributed by atoms with Crippen LogP contribution in [-0.4, -0.2) is 27.4 Å². The van der Waals surface area contributed by atoms with Crippen molar-refractivity contribution >= 4 is 45.4 Å². The number of aryl methyl sites for hydroxylation is 2. The zero-order chi connectivity index (χ0) is 25.1. The summed E-state index contributed by atoms with van der Waals surface area (Å²) in [5, 5.41) is 5.35. The van der Waals surface area contributed by atoms with Gasteiger partial charge in [0.25, 0.3) is 11.5 Å². The van der Waals surface area contributed by atoms with E-state index in [4.69, 9.17) is 4.98 Å². The third-order valence-corrected chi connectivity index (χ3v) is 8.44. The van der Waals surface area contributed by atoms with Crippen LogP contribution in [-0.2, 0) is 17.6 Å². The number of para-hydroxylation sites is 1. The molecular formula is C28H28N4O2S2. The second-order valence-corrected chi connectivity index (χ2v) is 11.2. The first-order valence-electron chi connectivity index (χ1n) is 12.2. The number of nitrogens with one attached hydrogen (secondary N) is 1. The lowest BCUT2D eigenvalue weighted by Crippen LogP contribution is -2.24. The Bertz CT molecular complexity index is 1470. The third kappa shape index (κ3) is 5.15. The first-order valence-corrected chi connectivity index (χ1v) is 14.0. The van der Waals surface area contributed by atoms with Crippen molar-refractivity contribution in [1.29, 1.82) is 0 Å². The second-order valence-electron chi connectivity index (χ2n) is 9.16. The summed E-state index contributed by atoms with van der Waals surface area (Å²) < 4.78 is 1.64. The number of carbonyl (C=O) groups excluding carboxylic acids is 1. The maximum atomic E-state index is 13.7. The lowest BCUT2D eigenvalue weighted by molar-refractivity contribution is -0.118. The van der Waals surface area contributed by atoms with E-state index >= 15 is 0 Å². The molecule has 0 radical (unpaired) electrons. The molecule has 184 valence electrons. The van der Waals surface area contributed by atoms with Crippen LogP contribution >= 0.6 is 23.1 Å². The topological polar surface area (TPSA) is 76.3 Å². The molecule has 0 aliphatic heterocycles. The van der Waals surface area contributed by atoms with Gasteiger partial charge in [0.15, 0.2) is 5.16 Å². The molecule has 0 saturated carbocycles. The minimum absolute atomic E-state index is 0.0589. The summed E-state index contributed by atoms with van der Waals surface area (Å²) in [4.78, 5) is 33.2.